The van der Waals surface area contributed by atoms with Crippen molar-refractivity contribution in [3.05, 3.63) is 11.4 Å². The first-order valence-corrected chi connectivity index (χ1v) is 7.40. The molecular weight excluding hydrogens is 268 g/mol. The minimum atomic E-state index is -0.305. The highest BCUT2D eigenvalue weighted by Crippen LogP contribution is 2.21. The SMILES string of the molecule is CCn1nc(C)c(NC(=O)NC(CO)CC(C)(C)C)c1C. The zero-order valence-electron chi connectivity index (χ0n) is 13.9. The third-order valence-corrected chi connectivity index (χ3v) is 3.33. The molecular formula is C15H28N4O2. The maximum absolute atomic E-state index is 12.1. The quantitative estimate of drug-likeness (QED) is 0.781. The molecule has 0 saturated heterocycles. The van der Waals surface area contributed by atoms with Crippen molar-refractivity contribution in [2.45, 2.75) is 60.5 Å². The molecule has 0 aromatic carbocycles. The first-order valence-electron chi connectivity index (χ1n) is 7.40. The Hall–Kier alpha value is -1.56. The van der Waals surface area contributed by atoms with Crippen molar-refractivity contribution in [2.75, 3.05) is 11.9 Å². The first kappa shape index (κ1) is 17.5. The predicted octanol–water partition coefficient (Wildman–Crippen LogP) is 2.44. The van der Waals surface area contributed by atoms with Gasteiger partial charge in [0.1, 0.15) is 0 Å². The van der Waals surface area contributed by atoms with Crippen LogP contribution in [-0.2, 0) is 6.54 Å². The molecule has 1 unspecified atom stereocenters. The summed E-state index contributed by atoms with van der Waals surface area (Å²) in [5.41, 5.74) is 2.50. The summed E-state index contributed by atoms with van der Waals surface area (Å²) in [6.45, 7) is 12.7. The number of anilines is 1. The highest BCUT2D eigenvalue weighted by atomic mass is 16.3. The third-order valence-electron chi connectivity index (χ3n) is 3.33. The van der Waals surface area contributed by atoms with E-state index in [-0.39, 0.29) is 24.1 Å². The third kappa shape index (κ3) is 5.04. The van der Waals surface area contributed by atoms with Gasteiger partial charge >= 0.3 is 6.03 Å². The Morgan fingerprint density at radius 2 is 2.00 bits per heavy atom. The summed E-state index contributed by atoms with van der Waals surface area (Å²) in [4.78, 5) is 12.1. The first-order chi connectivity index (χ1) is 9.67. The molecule has 120 valence electrons. The summed E-state index contributed by atoms with van der Waals surface area (Å²) < 4.78 is 1.85. The van der Waals surface area contributed by atoms with E-state index in [9.17, 15) is 9.90 Å². The van der Waals surface area contributed by atoms with Gasteiger partial charge in [0.25, 0.3) is 0 Å². The Morgan fingerprint density at radius 3 is 2.43 bits per heavy atom. The average molecular weight is 296 g/mol. The maximum Gasteiger partial charge on any atom is 0.319 e. The smallest absolute Gasteiger partial charge is 0.319 e. The molecule has 0 aliphatic rings. The largest absolute Gasteiger partial charge is 0.394 e. The molecule has 3 N–H and O–H groups in total. The highest BCUT2D eigenvalue weighted by molar-refractivity contribution is 5.90. The number of urea groups is 1. The number of carbonyl (C=O) groups excluding carboxylic acids is 1. The van der Waals surface area contributed by atoms with Crippen molar-refractivity contribution >= 4 is 11.7 Å². The molecule has 6 nitrogen and oxygen atoms in total. The lowest BCUT2D eigenvalue weighted by Crippen LogP contribution is -2.42. The molecule has 1 atom stereocenters. The molecule has 0 spiro atoms. The monoisotopic (exact) mass is 296 g/mol. The minimum Gasteiger partial charge on any atom is -0.394 e. The normalized spacial score (nSPS) is 13.1. The lowest BCUT2D eigenvalue weighted by molar-refractivity contribution is 0.196. The van der Waals surface area contributed by atoms with Gasteiger partial charge in [0.2, 0.25) is 0 Å². The number of aromatic nitrogens is 2. The summed E-state index contributed by atoms with van der Waals surface area (Å²) in [5.74, 6) is 0. The van der Waals surface area contributed by atoms with Crippen LogP contribution in [-0.4, -0.2) is 33.6 Å². The Labute approximate surface area is 126 Å². The van der Waals surface area contributed by atoms with E-state index in [1.165, 1.54) is 0 Å². The van der Waals surface area contributed by atoms with Gasteiger partial charge in [-0.05, 0) is 32.6 Å². The fourth-order valence-corrected chi connectivity index (χ4v) is 2.42. The molecule has 0 bridgehead atoms. The topological polar surface area (TPSA) is 79.2 Å². The van der Waals surface area contributed by atoms with Gasteiger partial charge in [0.15, 0.2) is 0 Å². The van der Waals surface area contributed by atoms with Crippen molar-refractivity contribution in [3.8, 4) is 0 Å². The molecule has 1 aromatic heterocycles. The lowest BCUT2D eigenvalue weighted by atomic mass is 9.88. The summed E-state index contributed by atoms with van der Waals surface area (Å²) in [7, 11) is 0. The second-order valence-electron chi connectivity index (χ2n) is 6.60. The van der Waals surface area contributed by atoms with Crippen LogP contribution in [0.5, 0.6) is 0 Å². The van der Waals surface area contributed by atoms with Gasteiger partial charge < -0.3 is 15.7 Å². The van der Waals surface area contributed by atoms with E-state index in [1.807, 2.05) is 25.5 Å². The van der Waals surface area contributed by atoms with Gasteiger partial charge in [0.05, 0.1) is 29.7 Å². The molecule has 0 radical (unpaired) electrons. The summed E-state index contributed by atoms with van der Waals surface area (Å²) in [5, 5.41) is 19.4. The summed E-state index contributed by atoms with van der Waals surface area (Å²) in [6.07, 6.45) is 0.711. The van der Waals surface area contributed by atoms with E-state index in [0.717, 1.165) is 23.6 Å². The molecule has 1 rings (SSSR count). The molecule has 0 aliphatic carbocycles. The van der Waals surface area contributed by atoms with Gasteiger partial charge in [-0.1, -0.05) is 20.8 Å². The minimum absolute atomic E-state index is 0.0413. The van der Waals surface area contributed by atoms with Crippen LogP contribution in [0.1, 0.15) is 45.5 Å². The summed E-state index contributed by atoms with van der Waals surface area (Å²) in [6, 6.07) is -0.563. The number of rotatable bonds is 5. The maximum atomic E-state index is 12.1. The Balaban J connectivity index is 2.71. The van der Waals surface area contributed by atoms with Crippen molar-refractivity contribution in [2.24, 2.45) is 5.41 Å². The number of hydrogen-bond acceptors (Lipinski definition) is 3. The van der Waals surface area contributed by atoms with E-state index in [2.05, 4.69) is 36.5 Å². The van der Waals surface area contributed by atoms with Crippen LogP contribution in [0.2, 0.25) is 0 Å². The van der Waals surface area contributed by atoms with Gasteiger partial charge in [-0.3, -0.25) is 4.68 Å². The molecule has 21 heavy (non-hydrogen) atoms. The van der Waals surface area contributed by atoms with Crippen LogP contribution in [0.4, 0.5) is 10.5 Å². The van der Waals surface area contributed by atoms with Gasteiger partial charge in [-0.15, -0.1) is 0 Å². The molecule has 0 saturated carbocycles. The Morgan fingerprint density at radius 1 is 1.38 bits per heavy atom. The van der Waals surface area contributed by atoms with Crippen LogP contribution in [0.15, 0.2) is 0 Å². The molecule has 2 amide bonds. The van der Waals surface area contributed by atoms with Crippen LogP contribution >= 0.6 is 0 Å². The van der Waals surface area contributed by atoms with E-state index in [1.54, 1.807) is 0 Å². The number of hydrogen-bond donors (Lipinski definition) is 3. The number of aliphatic hydroxyl groups is 1. The Bertz CT molecular complexity index is 489. The van der Waals surface area contributed by atoms with Crippen LogP contribution < -0.4 is 10.6 Å². The second kappa shape index (κ2) is 6.93. The zero-order chi connectivity index (χ0) is 16.2. The fourth-order valence-electron chi connectivity index (χ4n) is 2.42. The second-order valence-corrected chi connectivity index (χ2v) is 6.60. The molecule has 6 heteroatoms. The van der Waals surface area contributed by atoms with Crippen molar-refractivity contribution in [1.29, 1.82) is 0 Å². The summed E-state index contributed by atoms with van der Waals surface area (Å²) >= 11 is 0. The van der Waals surface area contributed by atoms with Crippen molar-refractivity contribution < 1.29 is 9.90 Å². The number of nitrogens with one attached hydrogen (secondary N) is 2. The van der Waals surface area contributed by atoms with Gasteiger partial charge in [-0.2, -0.15) is 5.10 Å². The van der Waals surface area contributed by atoms with Gasteiger partial charge in [0, 0.05) is 6.54 Å². The molecule has 1 heterocycles. The molecule has 1 aromatic rings. The van der Waals surface area contributed by atoms with Crippen LogP contribution in [0, 0.1) is 19.3 Å². The van der Waals surface area contributed by atoms with E-state index < -0.39 is 0 Å². The lowest BCUT2D eigenvalue weighted by Gasteiger charge is -2.25. The number of amides is 2. The van der Waals surface area contributed by atoms with Crippen molar-refractivity contribution in [3.63, 3.8) is 0 Å². The number of carbonyl (C=O) groups is 1. The fraction of sp³-hybridized carbons (Fsp3) is 0.733. The van der Waals surface area contributed by atoms with Gasteiger partial charge in [-0.25, -0.2) is 4.79 Å². The molecule has 0 fully saturated rings. The number of aryl methyl sites for hydroxylation is 2. The number of aliphatic hydroxyl groups excluding tert-OH is 1. The number of nitrogens with zero attached hydrogens (tertiary/aromatic N) is 2. The van der Waals surface area contributed by atoms with E-state index >= 15 is 0 Å². The van der Waals surface area contributed by atoms with E-state index in [4.69, 9.17) is 0 Å². The predicted molar refractivity (Wildman–Crippen MR) is 84.5 cm³/mol. The van der Waals surface area contributed by atoms with E-state index in [0.29, 0.717) is 6.42 Å². The van der Waals surface area contributed by atoms with Crippen LogP contribution in [0.25, 0.3) is 0 Å². The zero-order valence-corrected chi connectivity index (χ0v) is 13.9. The standard InChI is InChI=1S/C15H28N4O2/c1-7-19-11(3)13(10(2)18-19)17-14(21)16-12(9-20)8-15(4,5)6/h12,20H,7-9H2,1-6H3,(H2,16,17,21). The highest BCUT2D eigenvalue weighted by Gasteiger charge is 2.21. The van der Waals surface area contributed by atoms with Crippen LogP contribution in [0.3, 0.4) is 0 Å². The average Bonchev–Trinajstić information content (AvgIpc) is 2.63. The molecule has 0 aliphatic heterocycles. The van der Waals surface area contributed by atoms with Crippen molar-refractivity contribution in [1.82, 2.24) is 15.1 Å². The Kier molecular flexibility index (Phi) is 5.78.